The van der Waals surface area contributed by atoms with Crippen LogP contribution in [0.5, 0.6) is 11.5 Å². The highest BCUT2D eigenvalue weighted by molar-refractivity contribution is 9.10. The fraction of sp³-hybridized carbons (Fsp3) is 0.0769. The second-order valence-electron chi connectivity index (χ2n) is 3.85. The lowest BCUT2D eigenvalue weighted by atomic mass is 10.3. The van der Waals surface area contributed by atoms with Crippen LogP contribution in [0.25, 0.3) is 0 Å². The molecule has 21 heavy (non-hydrogen) atoms. The second kappa shape index (κ2) is 6.46. The molecule has 1 nitrogen and oxygen atoms in total. The highest BCUT2D eigenvalue weighted by Gasteiger charge is 2.29. The van der Waals surface area contributed by atoms with Crippen molar-refractivity contribution >= 4 is 39.3 Å². The van der Waals surface area contributed by atoms with Crippen molar-refractivity contribution in [3.05, 3.63) is 51.7 Å². The highest BCUT2D eigenvalue weighted by Crippen LogP contribution is 2.40. The molecule has 0 saturated carbocycles. The minimum absolute atomic E-state index is 0.0130. The van der Waals surface area contributed by atoms with Crippen molar-refractivity contribution in [3.8, 4) is 11.5 Å². The van der Waals surface area contributed by atoms with Crippen LogP contribution in [0.2, 0.25) is 5.02 Å². The van der Waals surface area contributed by atoms with E-state index in [0.29, 0.717) is 4.47 Å². The summed E-state index contributed by atoms with van der Waals surface area (Å²) in [5, 5.41) is 0.158. The van der Waals surface area contributed by atoms with Crippen molar-refractivity contribution < 1.29 is 22.3 Å². The van der Waals surface area contributed by atoms with Crippen molar-refractivity contribution in [1.29, 1.82) is 0 Å². The number of halogens is 6. The van der Waals surface area contributed by atoms with Crippen LogP contribution in [0.15, 0.2) is 45.8 Å². The lowest BCUT2D eigenvalue weighted by Gasteiger charge is -2.10. The summed E-state index contributed by atoms with van der Waals surface area (Å²) in [4.78, 5) is 0.0130. The summed E-state index contributed by atoms with van der Waals surface area (Å²) in [5.74, 6) is -0.169. The van der Waals surface area contributed by atoms with E-state index in [9.17, 15) is 17.6 Å². The van der Waals surface area contributed by atoms with Crippen molar-refractivity contribution in [2.24, 2.45) is 0 Å². The molecular formula is C13H6BrClF4OS. The Bertz CT molecular complexity index is 643. The van der Waals surface area contributed by atoms with Crippen LogP contribution in [-0.4, -0.2) is 5.51 Å². The van der Waals surface area contributed by atoms with Gasteiger partial charge in [-0.05, 0) is 58.0 Å². The van der Waals surface area contributed by atoms with Gasteiger partial charge in [-0.2, -0.15) is 13.2 Å². The van der Waals surface area contributed by atoms with Crippen LogP contribution in [0.1, 0.15) is 0 Å². The third-order valence-electron chi connectivity index (χ3n) is 2.20. The van der Waals surface area contributed by atoms with Crippen LogP contribution in [-0.2, 0) is 0 Å². The Labute approximate surface area is 135 Å². The lowest BCUT2D eigenvalue weighted by Crippen LogP contribution is -1.99. The van der Waals surface area contributed by atoms with Crippen molar-refractivity contribution in [3.63, 3.8) is 0 Å². The summed E-state index contributed by atoms with van der Waals surface area (Å²) in [5.41, 5.74) is -4.36. The van der Waals surface area contributed by atoms with E-state index < -0.39 is 11.3 Å². The molecule has 0 heterocycles. The zero-order valence-corrected chi connectivity index (χ0v) is 13.2. The Morgan fingerprint density at radius 1 is 1.10 bits per heavy atom. The molecule has 0 amide bonds. The molecule has 0 atom stereocenters. The first-order valence-corrected chi connectivity index (χ1v) is 7.41. The summed E-state index contributed by atoms with van der Waals surface area (Å²) < 4.78 is 55.7. The maximum absolute atomic E-state index is 13.2. The quantitative estimate of drug-likeness (QED) is 0.421. The van der Waals surface area contributed by atoms with E-state index in [2.05, 4.69) is 15.9 Å². The van der Waals surface area contributed by atoms with Gasteiger partial charge in [0.05, 0.1) is 4.47 Å². The Balaban J connectivity index is 2.21. The first-order chi connectivity index (χ1) is 9.73. The van der Waals surface area contributed by atoms with Gasteiger partial charge in [0, 0.05) is 16.0 Å². The predicted octanol–water partition coefficient (Wildman–Crippen LogP) is 6.65. The van der Waals surface area contributed by atoms with Gasteiger partial charge in [0.2, 0.25) is 0 Å². The summed E-state index contributed by atoms with van der Waals surface area (Å²) in [6.45, 7) is 0. The van der Waals surface area contributed by atoms with E-state index in [1.54, 1.807) is 0 Å². The van der Waals surface area contributed by atoms with E-state index in [1.165, 1.54) is 24.3 Å². The summed E-state index contributed by atoms with van der Waals surface area (Å²) in [7, 11) is 0. The number of rotatable bonds is 3. The van der Waals surface area contributed by atoms with Crippen LogP contribution >= 0.6 is 39.3 Å². The molecule has 2 aromatic carbocycles. The van der Waals surface area contributed by atoms with Crippen LogP contribution in [0.3, 0.4) is 0 Å². The zero-order valence-electron chi connectivity index (χ0n) is 10.0. The fourth-order valence-electron chi connectivity index (χ4n) is 1.48. The van der Waals surface area contributed by atoms with Gasteiger partial charge in [0.1, 0.15) is 17.3 Å². The molecule has 0 aromatic heterocycles. The smallest absolute Gasteiger partial charge is 0.446 e. The second-order valence-corrected chi connectivity index (χ2v) is 6.28. The van der Waals surface area contributed by atoms with E-state index in [-0.39, 0.29) is 33.2 Å². The maximum Gasteiger partial charge on any atom is 0.446 e. The summed E-state index contributed by atoms with van der Waals surface area (Å²) in [6, 6.07) is 7.53. The topological polar surface area (TPSA) is 9.23 Å². The predicted molar refractivity (Wildman–Crippen MR) is 77.5 cm³/mol. The molecule has 0 fully saturated rings. The third-order valence-corrected chi connectivity index (χ3v) is 3.76. The number of thioether (sulfide) groups is 1. The molecule has 0 bridgehead atoms. The van der Waals surface area contributed by atoms with E-state index in [4.69, 9.17) is 16.3 Å². The molecule has 0 aliphatic heterocycles. The first kappa shape index (κ1) is 16.5. The third kappa shape index (κ3) is 5.09. The van der Waals surface area contributed by atoms with E-state index in [1.807, 2.05) is 0 Å². The number of alkyl halides is 3. The minimum Gasteiger partial charge on any atom is -0.456 e. The average molecular weight is 402 g/mol. The van der Waals surface area contributed by atoms with Gasteiger partial charge in [-0.15, -0.1) is 0 Å². The Hall–Kier alpha value is -0.920. The monoisotopic (exact) mass is 400 g/mol. The normalized spacial score (nSPS) is 11.5. The molecule has 2 aromatic rings. The summed E-state index contributed by atoms with van der Waals surface area (Å²) in [6.07, 6.45) is 0. The number of benzene rings is 2. The Morgan fingerprint density at radius 2 is 1.81 bits per heavy atom. The van der Waals surface area contributed by atoms with Gasteiger partial charge >= 0.3 is 5.51 Å². The standard InChI is InChI=1S/C13H6BrClF4OS/c14-11-6-10(21-13(17,18)19)1-2-12(11)20-9-4-7(15)3-8(16)5-9/h1-6H. The molecule has 8 heteroatoms. The molecule has 0 aliphatic carbocycles. The van der Waals surface area contributed by atoms with Crippen LogP contribution in [0.4, 0.5) is 17.6 Å². The molecule has 2 rings (SSSR count). The SMILES string of the molecule is Fc1cc(Cl)cc(Oc2ccc(SC(F)(F)F)cc2Br)c1. The number of ether oxygens (including phenoxy) is 1. The first-order valence-electron chi connectivity index (χ1n) is 5.42. The fourth-order valence-corrected chi connectivity index (χ4v) is 2.88. The minimum atomic E-state index is -4.36. The van der Waals surface area contributed by atoms with E-state index in [0.717, 1.165) is 12.1 Å². The number of hydrogen-bond acceptors (Lipinski definition) is 2. The molecule has 0 saturated heterocycles. The number of hydrogen-bond donors (Lipinski definition) is 0. The lowest BCUT2D eigenvalue weighted by molar-refractivity contribution is -0.0328. The van der Waals surface area contributed by atoms with Gasteiger partial charge in [-0.25, -0.2) is 4.39 Å². The van der Waals surface area contributed by atoms with Crippen LogP contribution in [0, 0.1) is 5.82 Å². The molecule has 112 valence electrons. The van der Waals surface area contributed by atoms with Crippen molar-refractivity contribution in [1.82, 2.24) is 0 Å². The largest absolute Gasteiger partial charge is 0.456 e. The van der Waals surface area contributed by atoms with Crippen LogP contribution < -0.4 is 4.74 Å². The molecule has 0 unspecified atom stereocenters. The van der Waals surface area contributed by atoms with Crippen molar-refractivity contribution in [2.75, 3.05) is 0 Å². The molecule has 0 N–H and O–H groups in total. The molecular weight excluding hydrogens is 396 g/mol. The highest BCUT2D eigenvalue weighted by atomic mass is 79.9. The summed E-state index contributed by atoms with van der Waals surface area (Å²) >= 11 is 8.58. The van der Waals surface area contributed by atoms with Gasteiger partial charge in [-0.1, -0.05) is 11.6 Å². The Morgan fingerprint density at radius 3 is 2.38 bits per heavy atom. The average Bonchev–Trinajstić information content (AvgIpc) is 2.29. The van der Waals surface area contributed by atoms with Gasteiger partial charge in [0.25, 0.3) is 0 Å². The van der Waals surface area contributed by atoms with Crippen molar-refractivity contribution in [2.45, 2.75) is 10.4 Å². The molecule has 0 radical (unpaired) electrons. The maximum atomic E-state index is 13.2. The molecule has 0 aliphatic rings. The van der Waals surface area contributed by atoms with Gasteiger partial charge in [0.15, 0.2) is 0 Å². The molecule has 0 spiro atoms. The zero-order chi connectivity index (χ0) is 15.6. The van der Waals surface area contributed by atoms with Gasteiger partial charge in [-0.3, -0.25) is 0 Å². The Kier molecular flexibility index (Phi) is 5.06. The van der Waals surface area contributed by atoms with Gasteiger partial charge < -0.3 is 4.74 Å². The van der Waals surface area contributed by atoms with E-state index >= 15 is 0 Å².